The lowest BCUT2D eigenvalue weighted by Crippen LogP contribution is -2.23. The molecule has 1 aromatic carbocycles. The summed E-state index contributed by atoms with van der Waals surface area (Å²) < 4.78 is 0. The van der Waals surface area contributed by atoms with E-state index in [2.05, 4.69) is 50.2 Å². The van der Waals surface area contributed by atoms with Crippen LogP contribution in [0.2, 0.25) is 0 Å². The Hall–Kier alpha value is -1.18. The van der Waals surface area contributed by atoms with Gasteiger partial charge in [-0.3, -0.25) is 0 Å². The topological polar surface area (TPSA) is 15.3 Å². The zero-order chi connectivity index (χ0) is 11.0. The molecule has 0 spiro atoms. The minimum atomic E-state index is 0.696. The Labute approximate surface area is 92.3 Å². The highest BCUT2D eigenvalue weighted by Crippen LogP contribution is 2.33. The number of anilines is 2. The van der Waals surface area contributed by atoms with E-state index < -0.39 is 0 Å². The van der Waals surface area contributed by atoms with E-state index in [0.29, 0.717) is 5.92 Å². The first-order valence-electron chi connectivity index (χ1n) is 5.65. The smallest absolute Gasteiger partial charge is 0.0610 e. The minimum Gasteiger partial charge on any atom is -0.383 e. The van der Waals surface area contributed by atoms with Crippen LogP contribution in [0.5, 0.6) is 0 Å². The lowest BCUT2D eigenvalue weighted by molar-refractivity contribution is 0.618. The maximum atomic E-state index is 3.57. The lowest BCUT2D eigenvalue weighted by Gasteiger charge is -2.21. The van der Waals surface area contributed by atoms with Crippen molar-refractivity contribution in [3.63, 3.8) is 0 Å². The van der Waals surface area contributed by atoms with Gasteiger partial charge in [0.2, 0.25) is 0 Å². The first-order chi connectivity index (χ1) is 7.09. The van der Waals surface area contributed by atoms with Crippen molar-refractivity contribution in [1.29, 1.82) is 0 Å². The standard InChI is InChI=1S/C13H20N2/c1-9-7-14-13-11(3)10(2)5-6-12(13)15(4)8-9/h5-6,9,14H,7-8H2,1-4H3. The summed E-state index contributed by atoms with van der Waals surface area (Å²) in [5, 5.41) is 3.57. The monoisotopic (exact) mass is 204 g/mol. The van der Waals surface area contributed by atoms with Crippen molar-refractivity contribution in [2.45, 2.75) is 20.8 Å². The van der Waals surface area contributed by atoms with Gasteiger partial charge in [0.15, 0.2) is 0 Å². The summed E-state index contributed by atoms with van der Waals surface area (Å²) in [5.74, 6) is 0.696. The molecular formula is C13H20N2. The maximum absolute atomic E-state index is 3.57. The molecule has 2 nitrogen and oxygen atoms in total. The van der Waals surface area contributed by atoms with E-state index in [-0.39, 0.29) is 0 Å². The van der Waals surface area contributed by atoms with E-state index in [1.165, 1.54) is 22.5 Å². The van der Waals surface area contributed by atoms with E-state index in [9.17, 15) is 0 Å². The highest BCUT2D eigenvalue weighted by atomic mass is 15.1. The first kappa shape index (κ1) is 10.3. The van der Waals surface area contributed by atoms with Gasteiger partial charge < -0.3 is 10.2 Å². The summed E-state index contributed by atoms with van der Waals surface area (Å²) in [5.41, 5.74) is 5.40. The third-order valence-electron chi connectivity index (χ3n) is 3.34. The van der Waals surface area contributed by atoms with E-state index in [1.54, 1.807) is 0 Å². The molecule has 1 heterocycles. The molecule has 0 saturated heterocycles. The van der Waals surface area contributed by atoms with Crippen LogP contribution in [-0.4, -0.2) is 20.1 Å². The van der Waals surface area contributed by atoms with Crippen molar-refractivity contribution < 1.29 is 0 Å². The normalized spacial score (nSPS) is 20.5. The fraction of sp³-hybridized carbons (Fsp3) is 0.538. The van der Waals surface area contributed by atoms with E-state index in [4.69, 9.17) is 0 Å². The number of rotatable bonds is 0. The highest BCUT2D eigenvalue weighted by Gasteiger charge is 2.17. The van der Waals surface area contributed by atoms with Gasteiger partial charge in [-0.15, -0.1) is 0 Å². The summed E-state index contributed by atoms with van der Waals surface area (Å²) in [7, 11) is 2.18. The van der Waals surface area contributed by atoms with Crippen LogP contribution in [0.15, 0.2) is 12.1 Å². The fourth-order valence-electron chi connectivity index (χ4n) is 2.25. The number of hydrogen-bond acceptors (Lipinski definition) is 2. The summed E-state index contributed by atoms with van der Waals surface area (Å²) in [4.78, 5) is 2.35. The van der Waals surface area contributed by atoms with Gasteiger partial charge in [0, 0.05) is 20.1 Å². The number of hydrogen-bond donors (Lipinski definition) is 1. The molecule has 1 aromatic rings. The van der Waals surface area contributed by atoms with Crippen LogP contribution in [-0.2, 0) is 0 Å². The van der Waals surface area contributed by atoms with Gasteiger partial charge in [-0.05, 0) is 37.0 Å². The molecule has 1 unspecified atom stereocenters. The van der Waals surface area contributed by atoms with Gasteiger partial charge in [0.25, 0.3) is 0 Å². The van der Waals surface area contributed by atoms with Crippen LogP contribution < -0.4 is 10.2 Å². The zero-order valence-corrected chi connectivity index (χ0v) is 10.1. The second kappa shape index (κ2) is 3.76. The Bertz CT molecular complexity index is 371. The van der Waals surface area contributed by atoms with Crippen LogP contribution in [0.4, 0.5) is 11.4 Å². The summed E-state index contributed by atoms with van der Waals surface area (Å²) in [6.45, 7) is 8.86. The van der Waals surface area contributed by atoms with Crippen molar-refractivity contribution in [2.24, 2.45) is 5.92 Å². The number of nitrogens with zero attached hydrogens (tertiary/aromatic N) is 1. The molecule has 15 heavy (non-hydrogen) atoms. The minimum absolute atomic E-state index is 0.696. The van der Waals surface area contributed by atoms with Crippen molar-refractivity contribution >= 4 is 11.4 Å². The molecule has 0 aliphatic carbocycles. The molecule has 0 fully saturated rings. The lowest BCUT2D eigenvalue weighted by atomic mass is 10.1. The third-order valence-corrected chi connectivity index (χ3v) is 3.34. The van der Waals surface area contributed by atoms with Gasteiger partial charge in [-0.25, -0.2) is 0 Å². The van der Waals surface area contributed by atoms with Crippen LogP contribution in [0.3, 0.4) is 0 Å². The second-order valence-electron chi connectivity index (χ2n) is 4.77. The van der Waals surface area contributed by atoms with E-state index in [1.807, 2.05) is 0 Å². The Morgan fingerprint density at radius 3 is 2.80 bits per heavy atom. The Morgan fingerprint density at radius 1 is 1.33 bits per heavy atom. The molecule has 0 aromatic heterocycles. The molecule has 82 valence electrons. The van der Waals surface area contributed by atoms with Crippen molar-refractivity contribution in [1.82, 2.24) is 0 Å². The van der Waals surface area contributed by atoms with Crippen LogP contribution in [0, 0.1) is 19.8 Å². The maximum Gasteiger partial charge on any atom is 0.0610 e. The number of aryl methyl sites for hydroxylation is 1. The van der Waals surface area contributed by atoms with E-state index in [0.717, 1.165) is 13.1 Å². The second-order valence-corrected chi connectivity index (χ2v) is 4.77. The van der Waals surface area contributed by atoms with E-state index >= 15 is 0 Å². The number of nitrogens with one attached hydrogen (secondary N) is 1. The molecule has 2 rings (SSSR count). The molecule has 0 radical (unpaired) electrons. The Kier molecular flexibility index (Phi) is 2.59. The van der Waals surface area contributed by atoms with Crippen LogP contribution in [0.1, 0.15) is 18.1 Å². The quantitative estimate of drug-likeness (QED) is 0.699. The Balaban J connectivity index is 2.48. The van der Waals surface area contributed by atoms with Crippen LogP contribution >= 0.6 is 0 Å². The first-order valence-corrected chi connectivity index (χ1v) is 5.65. The van der Waals surface area contributed by atoms with Crippen molar-refractivity contribution in [3.05, 3.63) is 23.3 Å². The predicted octanol–water partition coefficient (Wildman–Crippen LogP) is 2.80. The Morgan fingerprint density at radius 2 is 2.07 bits per heavy atom. The zero-order valence-electron chi connectivity index (χ0n) is 10.1. The number of benzene rings is 1. The SMILES string of the molecule is Cc1ccc2c(c1C)NCC(C)CN2C. The van der Waals surface area contributed by atoms with Gasteiger partial charge in [-0.2, -0.15) is 0 Å². The molecule has 0 bridgehead atoms. The summed E-state index contributed by atoms with van der Waals surface area (Å²) in [6, 6.07) is 4.44. The largest absolute Gasteiger partial charge is 0.383 e. The average molecular weight is 204 g/mol. The third kappa shape index (κ3) is 1.81. The highest BCUT2D eigenvalue weighted by molar-refractivity contribution is 5.75. The van der Waals surface area contributed by atoms with Gasteiger partial charge in [-0.1, -0.05) is 13.0 Å². The molecule has 0 saturated carbocycles. The number of fused-ring (bicyclic) bond motifs is 1. The van der Waals surface area contributed by atoms with Gasteiger partial charge in [0.05, 0.1) is 11.4 Å². The van der Waals surface area contributed by atoms with Gasteiger partial charge in [0.1, 0.15) is 0 Å². The predicted molar refractivity (Wildman–Crippen MR) is 66.8 cm³/mol. The summed E-state index contributed by atoms with van der Waals surface area (Å²) >= 11 is 0. The summed E-state index contributed by atoms with van der Waals surface area (Å²) in [6.07, 6.45) is 0. The van der Waals surface area contributed by atoms with Crippen LogP contribution in [0.25, 0.3) is 0 Å². The average Bonchev–Trinajstić information content (AvgIpc) is 2.32. The molecular weight excluding hydrogens is 184 g/mol. The fourth-order valence-corrected chi connectivity index (χ4v) is 2.25. The molecule has 1 aliphatic heterocycles. The molecule has 1 aliphatic rings. The molecule has 1 N–H and O–H groups in total. The molecule has 2 heteroatoms. The van der Waals surface area contributed by atoms with Crippen molar-refractivity contribution in [2.75, 3.05) is 30.4 Å². The molecule has 1 atom stereocenters. The van der Waals surface area contributed by atoms with Gasteiger partial charge >= 0.3 is 0 Å². The molecule has 0 amide bonds. The van der Waals surface area contributed by atoms with Crippen molar-refractivity contribution in [3.8, 4) is 0 Å².